The van der Waals surface area contributed by atoms with Gasteiger partial charge < -0.3 is 14.6 Å². The van der Waals surface area contributed by atoms with E-state index in [4.69, 9.17) is 35.5 Å². The van der Waals surface area contributed by atoms with Gasteiger partial charge in [-0.25, -0.2) is 4.79 Å². The maximum Gasteiger partial charge on any atom is 0.382 e. The highest BCUT2D eigenvalue weighted by molar-refractivity contribution is 5.87. The van der Waals surface area contributed by atoms with Crippen molar-refractivity contribution in [3.63, 3.8) is 0 Å². The molecule has 3 rings (SSSR count). The molecule has 0 atom stereocenters. The van der Waals surface area contributed by atoms with Gasteiger partial charge in [-0.15, -0.1) is 31.6 Å². The summed E-state index contributed by atoms with van der Waals surface area (Å²) in [6, 6.07) is 26.1. The van der Waals surface area contributed by atoms with E-state index < -0.39 is 5.97 Å². The van der Waals surface area contributed by atoms with Crippen molar-refractivity contribution in [1.82, 2.24) is 0 Å². The zero-order valence-electron chi connectivity index (χ0n) is 25.5. The summed E-state index contributed by atoms with van der Waals surface area (Å²) in [6.45, 7) is 2.64. The minimum Gasteiger partial charge on any atom is -0.495 e. The minimum absolute atomic E-state index is 0.417. The smallest absolute Gasteiger partial charge is 0.382 e. The molecule has 0 aliphatic carbocycles. The number of carboxylic acids is 1. The first-order valence-corrected chi connectivity index (χ1v) is 13.7. The van der Waals surface area contributed by atoms with Crippen LogP contribution in [-0.4, -0.2) is 31.9 Å². The van der Waals surface area contributed by atoms with Gasteiger partial charge in [-0.2, -0.15) is 0 Å². The van der Waals surface area contributed by atoms with E-state index in [1.165, 1.54) is 32.1 Å². The lowest BCUT2D eigenvalue weighted by atomic mass is 10.1. The highest BCUT2D eigenvalue weighted by Crippen LogP contribution is 2.14. The van der Waals surface area contributed by atoms with Crippen LogP contribution >= 0.6 is 0 Å². The van der Waals surface area contributed by atoms with Crippen LogP contribution in [0.3, 0.4) is 0 Å². The van der Waals surface area contributed by atoms with Crippen molar-refractivity contribution in [3.8, 4) is 67.0 Å². The van der Waals surface area contributed by atoms with Crippen molar-refractivity contribution in [3.05, 3.63) is 102 Å². The molecule has 0 aliphatic rings. The molecule has 0 spiro atoms. The van der Waals surface area contributed by atoms with Crippen LogP contribution < -0.4 is 4.74 Å². The molecule has 0 radical (unpaired) electrons. The Labute approximate surface area is 259 Å². The van der Waals surface area contributed by atoms with E-state index in [2.05, 4.69) is 41.3 Å². The fourth-order valence-corrected chi connectivity index (χ4v) is 2.86. The summed E-state index contributed by atoms with van der Waals surface area (Å²) in [5.74, 6) is 14.2. The molecule has 4 nitrogen and oxygen atoms in total. The number of para-hydroxylation sites is 1. The number of unbranched alkanes of at least 4 members (excludes halogenated alkanes) is 5. The lowest BCUT2D eigenvalue weighted by molar-refractivity contribution is -0.130. The highest BCUT2D eigenvalue weighted by Gasteiger charge is 1.94. The molecule has 0 saturated carbocycles. The van der Waals surface area contributed by atoms with Crippen LogP contribution in [0.25, 0.3) is 0 Å². The predicted octanol–water partition coefficient (Wildman–Crippen LogP) is 7.71. The molecule has 0 amide bonds. The number of aliphatic carboxylic acids is 1. The van der Waals surface area contributed by atoms with Gasteiger partial charge in [0.15, 0.2) is 0 Å². The van der Waals surface area contributed by atoms with E-state index in [1.54, 1.807) is 26.4 Å². The normalized spacial score (nSPS) is 8.07. The van der Waals surface area contributed by atoms with Gasteiger partial charge in [0, 0.05) is 30.6 Å². The van der Waals surface area contributed by atoms with Crippen LogP contribution in [0.5, 0.6) is 5.75 Å². The van der Waals surface area contributed by atoms with Crippen molar-refractivity contribution in [2.75, 3.05) is 20.8 Å². The molecule has 4 heteroatoms. The fourth-order valence-electron chi connectivity index (χ4n) is 2.86. The second-order valence-electron chi connectivity index (χ2n) is 8.28. The molecule has 1 N–H and O–H groups in total. The lowest BCUT2D eigenvalue weighted by Gasteiger charge is -1.99. The molecule has 0 saturated heterocycles. The van der Waals surface area contributed by atoms with Gasteiger partial charge in [0.05, 0.1) is 12.7 Å². The number of rotatable bonds is 7. The lowest BCUT2D eigenvalue weighted by Crippen LogP contribution is -1.86. The van der Waals surface area contributed by atoms with E-state index >= 15 is 0 Å². The number of carboxylic acid groups (broad SMARTS) is 1. The molecular weight excluding hydrogens is 532 g/mol. The Morgan fingerprint density at radius 1 is 0.721 bits per heavy atom. The number of hydrogen-bond donors (Lipinski definition) is 1. The molecule has 0 aliphatic heterocycles. The van der Waals surface area contributed by atoms with Gasteiger partial charge >= 0.3 is 5.97 Å². The van der Waals surface area contributed by atoms with Gasteiger partial charge in [-0.05, 0) is 42.8 Å². The summed E-state index contributed by atoms with van der Waals surface area (Å²) in [5.41, 5.74) is 2.45. The molecule has 3 aromatic carbocycles. The molecule has 3 aromatic rings. The number of carbonyl (C=O) groups is 1. The van der Waals surface area contributed by atoms with Crippen LogP contribution in [0, 0.1) is 61.2 Å². The highest BCUT2D eigenvalue weighted by atomic mass is 16.5. The Kier molecular flexibility index (Phi) is 28.9. The predicted molar refractivity (Wildman–Crippen MR) is 179 cm³/mol. The quantitative estimate of drug-likeness (QED) is 0.232. The third-order valence-corrected chi connectivity index (χ3v) is 4.94. The first-order chi connectivity index (χ1) is 20.9. The Balaban J connectivity index is 0. The van der Waals surface area contributed by atoms with Crippen LogP contribution in [0.15, 0.2) is 84.9 Å². The maximum absolute atomic E-state index is 10.00. The van der Waals surface area contributed by atoms with E-state index in [0.717, 1.165) is 28.9 Å². The van der Waals surface area contributed by atoms with Crippen LogP contribution in [0.1, 0.15) is 62.1 Å². The third kappa shape index (κ3) is 26.7. The third-order valence-electron chi connectivity index (χ3n) is 4.94. The summed E-state index contributed by atoms with van der Waals surface area (Å²) in [5, 5.41) is 8.20. The molecule has 0 fully saturated rings. The van der Waals surface area contributed by atoms with Gasteiger partial charge in [-0.3, -0.25) is 0 Å². The van der Waals surface area contributed by atoms with Gasteiger partial charge in [0.1, 0.15) is 12.4 Å². The Morgan fingerprint density at radius 2 is 1.28 bits per heavy atom. The zero-order valence-corrected chi connectivity index (χ0v) is 25.5. The number of benzene rings is 3. The van der Waals surface area contributed by atoms with Gasteiger partial charge in [0.2, 0.25) is 0 Å². The van der Waals surface area contributed by atoms with Crippen LogP contribution in [0.2, 0.25) is 0 Å². The van der Waals surface area contributed by atoms with Crippen LogP contribution in [0.4, 0.5) is 0 Å². The minimum atomic E-state index is -1.10. The molecule has 0 bridgehead atoms. The molecule has 0 heterocycles. The van der Waals surface area contributed by atoms with E-state index in [-0.39, 0.29) is 0 Å². The average molecular weight is 575 g/mol. The number of hydrogen-bond acceptors (Lipinski definition) is 3. The fraction of sp³-hybridized carbons (Fsp3) is 0.256. The maximum atomic E-state index is 10.00. The SMILES string of the molecule is C#CCCCCCCC.C#CCOC.C#Cc1ccccc1.C#Cc1ccccc1OC.O=C(O)C#Cc1ccccc1. The standard InChI is InChI=1S/C9H6O2.C9H8O.C9H16.C8H6.C4H6O/c10-9(11)7-6-8-4-2-1-3-5-8;1-3-8-6-4-5-7-9(8)10-2;1-3-5-7-9-8-6-4-2;1-2-8-6-4-3-5-7-8;1-3-4-5-2/h1-5H,(H,10,11);1,4-7H,2H3;1H,4-9H2,2H3;1,3-7H;1H,4H2,2H3. The molecular formula is C39H42O4. The molecule has 0 aromatic heterocycles. The van der Waals surface area contributed by atoms with Gasteiger partial charge in [-0.1, -0.05) is 105 Å². The zero-order chi connectivity index (χ0) is 32.4. The topological polar surface area (TPSA) is 55.8 Å². The second-order valence-corrected chi connectivity index (χ2v) is 8.28. The van der Waals surface area contributed by atoms with E-state index in [0.29, 0.717) is 6.61 Å². The van der Waals surface area contributed by atoms with Crippen molar-refractivity contribution in [1.29, 1.82) is 0 Å². The first-order valence-electron chi connectivity index (χ1n) is 13.7. The number of methoxy groups -OCH3 is 2. The second kappa shape index (κ2) is 31.2. The molecule has 222 valence electrons. The number of terminal acetylenes is 4. The Morgan fingerprint density at radius 3 is 1.67 bits per heavy atom. The Hall–Kier alpha value is -5.31. The molecule has 43 heavy (non-hydrogen) atoms. The van der Waals surface area contributed by atoms with Crippen molar-refractivity contribution in [2.24, 2.45) is 0 Å². The van der Waals surface area contributed by atoms with Crippen molar-refractivity contribution >= 4 is 5.97 Å². The van der Waals surface area contributed by atoms with Crippen LogP contribution in [-0.2, 0) is 9.53 Å². The molecule has 0 unspecified atom stereocenters. The monoisotopic (exact) mass is 574 g/mol. The number of ether oxygens (including phenoxy) is 2. The van der Waals surface area contributed by atoms with E-state index in [9.17, 15) is 4.79 Å². The largest absolute Gasteiger partial charge is 0.495 e. The van der Waals surface area contributed by atoms with E-state index in [1.807, 2.05) is 78.7 Å². The van der Waals surface area contributed by atoms with Crippen molar-refractivity contribution in [2.45, 2.75) is 45.4 Å². The summed E-state index contributed by atoms with van der Waals surface area (Å²) >= 11 is 0. The first kappa shape index (κ1) is 39.8. The Bertz CT molecular complexity index is 1340. The summed E-state index contributed by atoms with van der Waals surface area (Å²) in [4.78, 5) is 10.00. The summed E-state index contributed by atoms with van der Waals surface area (Å²) < 4.78 is 9.45. The summed E-state index contributed by atoms with van der Waals surface area (Å²) in [6.07, 6.45) is 27.7. The average Bonchev–Trinajstić information content (AvgIpc) is 3.06. The van der Waals surface area contributed by atoms with Gasteiger partial charge in [0.25, 0.3) is 0 Å². The van der Waals surface area contributed by atoms with Crippen molar-refractivity contribution < 1.29 is 19.4 Å². The summed E-state index contributed by atoms with van der Waals surface area (Å²) in [7, 11) is 3.18.